The van der Waals surface area contributed by atoms with Gasteiger partial charge in [-0.05, 0) is 50.3 Å². The Labute approximate surface area is 171 Å². The highest BCUT2D eigenvalue weighted by atomic mass is 32.1. The van der Waals surface area contributed by atoms with Crippen molar-refractivity contribution in [2.75, 3.05) is 18.4 Å². The summed E-state index contributed by atoms with van der Waals surface area (Å²) in [6, 6.07) is 9.85. The van der Waals surface area contributed by atoms with E-state index in [0.717, 1.165) is 42.4 Å². The summed E-state index contributed by atoms with van der Waals surface area (Å²) in [5.74, 6) is 1.26. The van der Waals surface area contributed by atoms with Crippen molar-refractivity contribution >= 4 is 22.4 Å². The van der Waals surface area contributed by atoms with Gasteiger partial charge in [-0.25, -0.2) is 0 Å². The molecule has 28 heavy (non-hydrogen) atoms. The minimum atomic E-state index is -0.268. The third kappa shape index (κ3) is 4.61. The highest BCUT2D eigenvalue weighted by molar-refractivity contribution is 7.15. The van der Waals surface area contributed by atoms with E-state index in [2.05, 4.69) is 39.5 Å². The zero-order chi connectivity index (χ0) is 19.3. The van der Waals surface area contributed by atoms with Crippen molar-refractivity contribution in [2.45, 2.75) is 63.8 Å². The molecule has 1 saturated heterocycles. The predicted octanol–water partition coefficient (Wildman–Crippen LogP) is 5.00. The number of benzene rings is 1. The Bertz CT molecular complexity index is 764. The van der Waals surface area contributed by atoms with Gasteiger partial charge in [0.15, 0.2) is 0 Å². The lowest BCUT2D eigenvalue weighted by atomic mass is 9.90. The predicted molar refractivity (Wildman–Crippen MR) is 114 cm³/mol. The van der Waals surface area contributed by atoms with Gasteiger partial charge in [-0.15, -0.1) is 10.2 Å². The molecule has 0 bridgehead atoms. The van der Waals surface area contributed by atoms with Gasteiger partial charge in [0.1, 0.15) is 11.0 Å². The van der Waals surface area contributed by atoms with Gasteiger partial charge < -0.3 is 0 Å². The summed E-state index contributed by atoms with van der Waals surface area (Å²) >= 11 is 1.55. The molecule has 6 heteroatoms. The quantitative estimate of drug-likeness (QED) is 0.770. The van der Waals surface area contributed by atoms with Crippen molar-refractivity contribution in [1.29, 1.82) is 0 Å². The molecule has 1 aromatic carbocycles. The molecule has 1 atom stereocenters. The van der Waals surface area contributed by atoms with Crippen LogP contribution < -0.4 is 5.32 Å². The number of nitrogens with zero attached hydrogens (tertiary/aromatic N) is 3. The smallest absolute Gasteiger partial charge is 0.248 e. The van der Waals surface area contributed by atoms with Gasteiger partial charge in [-0.3, -0.25) is 15.0 Å². The Morgan fingerprint density at radius 1 is 1.07 bits per heavy atom. The molecule has 2 aliphatic rings. The molecule has 1 N–H and O–H groups in total. The maximum atomic E-state index is 13.3. The molecule has 0 unspecified atom stereocenters. The number of carbonyl (C=O) groups excluding carboxylic acids is 1. The average molecular weight is 399 g/mol. The van der Waals surface area contributed by atoms with Crippen molar-refractivity contribution in [3.63, 3.8) is 0 Å². The molecule has 0 radical (unpaired) electrons. The Hall–Kier alpha value is -1.79. The largest absolute Gasteiger partial charge is 0.299 e. The molecule has 150 valence electrons. The van der Waals surface area contributed by atoms with Crippen LogP contribution in [0.4, 0.5) is 5.13 Å². The Morgan fingerprint density at radius 3 is 2.50 bits per heavy atom. The van der Waals surface area contributed by atoms with E-state index in [1.807, 2.05) is 18.2 Å². The molecular weight excluding hydrogens is 368 g/mol. The van der Waals surface area contributed by atoms with Crippen LogP contribution in [0.25, 0.3) is 0 Å². The van der Waals surface area contributed by atoms with E-state index in [4.69, 9.17) is 0 Å². The molecule has 1 saturated carbocycles. The van der Waals surface area contributed by atoms with Crippen molar-refractivity contribution in [2.24, 2.45) is 5.92 Å². The van der Waals surface area contributed by atoms with Crippen molar-refractivity contribution in [1.82, 2.24) is 15.1 Å². The van der Waals surface area contributed by atoms with Crippen LogP contribution in [0.5, 0.6) is 0 Å². The lowest BCUT2D eigenvalue weighted by molar-refractivity contribution is -0.122. The first-order valence-corrected chi connectivity index (χ1v) is 11.5. The molecule has 2 aromatic rings. The monoisotopic (exact) mass is 398 g/mol. The number of aromatic nitrogens is 2. The number of nitrogens with one attached hydrogen (secondary N) is 1. The topological polar surface area (TPSA) is 58.1 Å². The number of rotatable bonds is 5. The number of anilines is 1. The third-order valence-corrected chi connectivity index (χ3v) is 7.17. The van der Waals surface area contributed by atoms with Crippen LogP contribution in [0.1, 0.15) is 74.4 Å². The van der Waals surface area contributed by atoms with E-state index >= 15 is 0 Å². The SMILES string of the molecule is CC1CCN([C@@H](C(=O)Nc2nnc(C3CCCCC3)s2)c2ccccc2)CC1. The van der Waals surface area contributed by atoms with Crippen LogP contribution in [-0.2, 0) is 4.79 Å². The first kappa shape index (κ1) is 19.5. The number of likely N-dealkylation sites (tertiary alicyclic amines) is 1. The van der Waals surface area contributed by atoms with Crippen molar-refractivity contribution < 1.29 is 4.79 Å². The molecule has 4 rings (SSSR count). The molecule has 1 aliphatic carbocycles. The Kier molecular flexibility index (Phi) is 6.37. The fourth-order valence-corrected chi connectivity index (χ4v) is 5.34. The fourth-order valence-electron chi connectivity index (χ4n) is 4.42. The number of piperidine rings is 1. The Morgan fingerprint density at radius 2 is 1.79 bits per heavy atom. The van der Waals surface area contributed by atoms with Crippen LogP contribution >= 0.6 is 11.3 Å². The van der Waals surface area contributed by atoms with Gasteiger partial charge in [0.2, 0.25) is 11.0 Å². The molecule has 2 heterocycles. The normalized spacial score (nSPS) is 20.8. The number of hydrogen-bond acceptors (Lipinski definition) is 5. The number of amides is 1. The second kappa shape index (κ2) is 9.14. The number of carbonyl (C=O) groups is 1. The highest BCUT2D eigenvalue weighted by Gasteiger charge is 2.31. The number of hydrogen-bond donors (Lipinski definition) is 1. The molecule has 2 fully saturated rings. The summed E-state index contributed by atoms with van der Waals surface area (Å²) in [6.07, 6.45) is 8.54. The van der Waals surface area contributed by atoms with E-state index in [9.17, 15) is 4.79 Å². The standard InChI is InChI=1S/C22H30N4OS/c1-16-12-14-26(15-13-16)19(17-8-4-2-5-9-17)20(27)23-22-25-24-21(28-22)18-10-6-3-7-11-18/h2,4-5,8-9,16,18-19H,3,6-7,10-15H2,1H3,(H,23,25,27)/t19-/m1/s1. The van der Waals surface area contributed by atoms with Crippen LogP contribution in [0.3, 0.4) is 0 Å². The second-order valence-electron chi connectivity index (χ2n) is 8.30. The van der Waals surface area contributed by atoms with Gasteiger partial charge in [-0.1, -0.05) is 67.9 Å². The summed E-state index contributed by atoms with van der Waals surface area (Å²) in [7, 11) is 0. The van der Waals surface area contributed by atoms with E-state index in [1.165, 1.54) is 32.1 Å². The summed E-state index contributed by atoms with van der Waals surface area (Å²) in [6.45, 7) is 4.21. The summed E-state index contributed by atoms with van der Waals surface area (Å²) in [5.41, 5.74) is 1.05. The molecule has 1 aromatic heterocycles. The maximum absolute atomic E-state index is 13.3. The van der Waals surface area contributed by atoms with Gasteiger partial charge in [0, 0.05) is 5.92 Å². The van der Waals surface area contributed by atoms with E-state index in [-0.39, 0.29) is 11.9 Å². The van der Waals surface area contributed by atoms with Crippen LogP contribution in [0, 0.1) is 5.92 Å². The van der Waals surface area contributed by atoms with E-state index in [1.54, 1.807) is 11.3 Å². The lowest BCUT2D eigenvalue weighted by Gasteiger charge is -2.35. The lowest BCUT2D eigenvalue weighted by Crippen LogP contribution is -2.41. The summed E-state index contributed by atoms with van der Waals surface area (Å²) in [4.78, 5) is 15.6. The van der Waals surface area contributed by atoms with Gasteiger partial charge in [-0.2, -0.15) is 0 Å². The molecule has 1 amide bonds. The zero-order valence-corrected chi connectivity index (χ0v) is 17.5. The van der Waals surface area contributed by atoms with Crippen LogP contribution in [-0.4, -0.2) is 34.1 Å². The third-order valence-electron chi connectivity index (χ3n) is 6.17. The molecule has 1 aliphatic heterocycles. The maximum Gasteiger partial charge on any atom is 0.248 e. The first-order valence-electron chi connectivity index (χ1n) is 10.6. The van der Waals surface area contributed by atoms with Gasteiger partial charge in [0.25, 0.3) is 0 Å². The molecule has 0 spiro atoms. The minimum absolute atomic E-state index is 0.00657. The average Bonchev–Trinajstić information content (AvgIpc) is 3.20. The highest BCUT2D eigenvalue weighted by Crippen LogP contribution is 2.35. The molecule has 5 nitrogen and oxygen atoms in total. The van der Waals surface area contributed by atoms with E-state index < -0.39 is 0 Å². The van der Waals surface area contributed by atoms with Crippen LogP contribution in [0.15, 0.2) is 30.3 Å². The summed E-state index contributed by atoms with van der Waals surface area (Å²) < 4.78 is 0. The second-order valence-corrected chi connectivity index (χ2v) is 9.31. The zero-order valence-electron chi connectivity index (χ0n) is 16.6. The summed E-state index contributed by atoms with van der Waals surface area (Å²) in [5, 5.41) is 13.5. The van der Waals surface area contributed by atoms with Gasteiger partial charge in [0.05, 0.1) is 0 Å². The molecular formula is C22H30N4OS. The van der Waals surface area contributed by atoms with Crippen LogP contribution in [0.2, 0.25) is 0 Å². The fraction of sp³-hybridized carbons (Fsp3) is 0.591. The Balaban J connectivity index is 1.48. The van der Waals surface area contributed by atoms with Gasteiger partial charge >= 0.3 is 0 Å². The van der Waals surface area contributed by atoms with Crippen molar-refractivity contribution in [3.8, 4) is 0 Å². The van der Waals surface area contributed by atoms with Crippen molar-refractivity contribution in [3.05, 3.63) is 40.9 Å². The first-order chi connectivity index (χ1) is 13.7. The van der Waals surface area contributed by atoms with E-state index in [0.29, 0.717) is 11.0 Å². The minimum Gasteiger partial charge on any atom is -0.299 e.